The van der Waals surface area contributed by atoms with Crippen LogP contribution in [-0.4, -0.2) is 50.7 Å². The zero-order valence-electron chi connectivity index (χ0n) is 15.5. The van der Waals surface area contributed by atoms with Gasteiger partial charge in [0.15, 0.2) is 0 Å². The van der Waals surface area contributed by atoms with Crippen molar-refractivity contribution in [3.63, 3.8) is 0 Å². The smallest absolute Gasteiger partial charge is 0.243 e. The molecule has 0 aromatic heterocycles. The monoisotopic (exact) mass is 418 g/mol. The Labute approximate surface area is 166 Å². The summed E-state index contributed by atoms with van der Waals surface area (Å²) in [6.07, 6.45) is 1.26. The Morgan fingerprint density at radius 2 is 2.04 bits per heavy atom. The molecular weight excluding hydrogens is 392 g/mol. The Morgan fingerprint density at radius 3 is 2.67 bits per heavy atom. The number of benzene rings is 1. The summed E-state index contributed by atoms with van der Waals surface area (Å²) in [6.45, 7) is 4.39. The molecule has 1 aromatic carbocycles. The number of sulfonamides is 1. The van der Waals surface area contributed by atoms with E-state index in [1.165, 1.54) is 23.4 Å². The minimum atomic E-state index is -3.75. The van der Waals surface area contributed by atoms with Gasteiger partial charge in [-0.2, -0.15) is 4.31 Å². The maximum Gasteiger partial charge on any atom is 0.243 e. The van der Waals surface area contributed by atoms with E-state index in [1.54, 1.807) is 13.0 Å². The van der Waals surface area contributed by atoms with Gasteiger partial charge in [0.2, 0.25) is 21.8 Å². The highest BCUT2D eigenvalue weighted by atomic mass is 35.5. The molecule has 1 aliphatic heterocycles. The standard InChI is InChI=1S/C17H26N4O4S.ClH/c1-12-5-6-15(10-16(12)20-13(2)22)26(24,25)21-9-3-4-14(11-21)17(23)19-8-7-18;/h5-6,10,14H,3-4,7-9,11,18H2,1-2H3,(H,19,23)(H,20,22);1H. The van der Waals surface area contributed by atoms with E-state index in [9.17, 15) is 18.0 Å². The Hall–Kier alpha value is -1.68. The highest BCUT2D eigenvalue weighted by Gasteiger charge is 2.33. The summed E-state index contributed by atoms with van der Waals surface area (Å²) in [4.78, 5) is 23.6. The van der Waals surface area contributed by atoms with Crippen LogP contribution >= 0.6 is 12.4 Å². The molecule has 1 aromatic rings. The van der Waals surface area contributed by atoms with Gasteiger partial charge in [-0.3, -0.25) is 9.59 Å². The molecule has 4 N–H and O–H groups in total. The van der Waals surface area contributed by atoms with Crippen molar-refractivity contribution in [3.05, 3.63) is 23.8 Å². The third-order valence-electron chi connectivity index (χ3n) is 4.36. The summed E-state index contributed by atoms with van der Waals surface area (Å²) in [5, 5.41) is 5.36. The first-order valence-corrected chi connectivity index (χ1v) is 10.1. The Kier molecular flexibility index (Phi) is 8.67. The molecule has 0 bridgehead atoms. The van der Waals surface area contributed by atoms with Crippen molar-refractivity contribution < 1.29 is 18.0 Å². The molecule has 1 unspecified atom stereocenters. The van der Waals surface area contributed by atoms with Crippen LogP contribution in [0.15, 0.2) is 23.1 Å². The van der Waals surface area contributed by atoms with Gasteiger partial charge < -0.3 is 16.4 Å². The number of piperidine rings is 1. The number of anilines is 1. The van der Waals surface area contributed by atoms with Crippen LogP contribution in [0.4, 0.5) is 5.69 Å². The number of nitrogens with zero attached hydrogens (tertiary/aromatic N) is 1. The largest absolute Gasteiger partial charge is 0.355 e. The van der Waals surface area contributed by atoms with E-state index in [1.807, 2.05) is 0 Å². The topological polar surface area (TPSA) is 122 Å². The molecule has 1 atom stereocenters. The van der Waals surface area contributed by atoms with Crippen molar-refractivity contribution in [2.75, 3.05) is 31.5 Å². The number of nitrogens with one attached hydrogen (secondary N) is 2. The van der Waals surface area contributed by atoms with Gasteiger partial charge in [-0.05, 0) is 37.5 Å². The van der Waals surface area contributed by atoms with E-state index in [-0.39, 0.29) is 41.6 Å². The van der Waals surface area contributed by atoms with Crippen LogP contribution in [0.1, 0.15) is 25.3 Å². The van der Waals surface area contributed by atoms with Crippen molar-refractivity contribution >= 4 is 39.9 Å². The third kappa shape index (κ3) is 5.90. The highest BCUT2D eigenvalue weighted by molar-refractivity contribution is 7.89. The van der Waals surface area contributed by atoms with E-state index in [0.717, 1.165) is 5.56 Å². The highest BCUT2D eigenvalue weighted by Crippen LogP contribution is 2.27. The Bertz CT molecular complexity index is 785. The number of carbonyl (C=O) groups excluding carboxylic acids is 2. The first kappa shape index (κ1) is 23.4. The number of aryl methyl sites for hydroxylation is 1. The molecule has 0 saturated carbocycles. The van der Waals surface area contributed by atoms with Gasteiger partial charge in [-0.1, -0.05) is 6.07 Å². The summed E-state index contributed by atoms with van der Waals surface area (Å²) in [5.41, 5.74) is 6.63. The predicted molar refractivity (Wildman–Crippen MR) is 106 cm³/mol. The molecule has 0 aliphatic carbocycles. The molecule has 0 spiro atoms. The zero-order valence-corrected chi connectivity index (χ0v) is 17.2. The molecule has 152 valence electrons. The summed E-state index contributed by atoms with van der Waals surface area (Å²) < 4.78 is 27.3. The fourth-order valence-electron chi connectivity index (χ4n) is 2.95. The quantitative estimate of drug-likeness (QED) is 0.632. The van der Waals surface area contributed by atoms with Gasteiger partial charge in [-0.15, -0.1) is 12.4 Å². The summed E-state index contributed by atoms with van der Waals surface area (Å²) in [6, 6.07) is 4.64. The van der Waals surface area contributed by atoms with Crippen LogP contribution in [0, 0.1) is 12.8 Å². The third-order valence-corrected chi connectivity index (χ3v) is 6.22. The van der Waals surface area contributed by atoms with E-state index < -0.39 is 10.0 Å². The average molecular weight is 419 g/mol. The lowest BCUT2D eigenvalue weighted by atomic mass is 9.99. The number of nitrogens with two attached hydrogens (primary N) is 1. The SMILES string of the molecule is CC(=O)Nc1cc(S(=O)(=O)N2CCCC(C(=O)NCCN)C2)ccc1C.Cl. The number of carbonyl (C=O) groups is 2. The predicted octanol–water partition coefficient (Wildman–Crippen LogP) is 0.851. The summed E-state index contributed by atoms with van der Waals surface area (Å²) >= 11 is 0. The molecule has 0 radical (unpaired) electrons. The zero-order chi connectivity index (χ0) is 19.3. The van der Waals surface area contributed by atoms with E-state index in [2.05, 4.69) is 10.6 Å². The number of halogens is 1. The van der Waals surface area contributed by atoms with Crippen molar-refractivity contribution in [3.8, 4) is 0 Å². The molecule has 10 heteroatoms. The van der Waals surface area contributed by atoms with Crippen molar-refractivity contribution in [1.82, 2.24) is 9.62 Å². The Morgan fingerprint density at radius 1 is 1.33 bits per heavy atom. The Balaban J connectivity index is 0.00000364. The lowest BCUT2D eigenvalue weighted by Crippen LogP contribution is -2.46. The van der Waals surface area contributed by atoms with Crippen LogP contribution < -0.4 is 16.4 Å². The molecule has 2 amide bonds. The van der Waals surface area contributed by atoms with E-state index >= 15 is 0 Å². The maximum absolute atomic E-state index is 13.0. The number of hydrogen-bond acceptors (Lipinski definition) is 5. The van der Waals surface area contributed by atoms with Crippen LogP contribution in [0.5, 0.6) is 0 Å². The minimum absolute atomic E-state index is 0. The number of rotatable bonds is 6. The molecule has 1 fully saturated rings. The minimum Gasteiger partial charge on any atom is -0.355 e. The van der Waals surface area contributed by atoms with Crippen molar-refractivity contribution in [2.24, 2.45) is 11.7 Å². The van der Waals surface area contributed by atoms with Gasteiger partial charge in [0, 0.05) is 38.8 Å². The lowest BCUT2D eigenvalue weighted by molar-refractivity contribution is -0.126. The van der Waals surface area contributed by atoms with Gasteiger partial charge in [0.25, 0.3) is 0 Å². The summed E-state index contributed by atoms with van der Waals surface area (Å²) in [7, 11) is -3.75. The fourth-order valence-corrected chi connectivity index (χ4v) is 4.50. The second kappa shape index (κ2) is 10.0. The number of hydrogen-bond donors (Lipinski definition) is 3. The normalized spacial score (nSPS) is 17.7. The van der Waals surface area contributed by atoms with E-state index in [4.69, 9.17) is 5.73 Å². The first-order valence-electron chi connectivity index (χ1n) is 8.62. The maximum atomic E-state index is 13.0. The van der Waals surface area contributed by atoms with Crippen LogP contribution in [0.25, 0.3) is 0 Å². The van der Waals surface area contributed by atoms with Gasteiger partial charge in [0.05, 0.1) is 10.8 Å². The fraction of sp³-hybridized carbons (Fsp3) is 0.529. The molecule has 8 nitrogen and oxygen atoms in total. The van der Waals surface area contributed by atoms with Gasteiger partial charge in [-0.25, -0.2) is 8.42 Å². The second-order valence-electron chi connectivity index (χ2n) is 6.44. The lowest BCUT2D eigenvalue weighted by Gasteiger charge is -2.31. The molecule has 1 saturated heterocycles. The summed E-state index contributed by atoms with van der Waals surface area (Å²) in [5.74, 6) is -0.819. The van der Waals surface area contributed by atoms with Crippen LogP contribution in [0.3, 0.4) is 0 Å². The molecule has 27 heavy (non-hydrogen) atoms. The molecular formula is C17H27ClN4O4S. The van der Waals surface area contributed by atoms with Crippen LogP contribution in [-0.2, 0) is 19.6 Å². The average Bonchev–Trinajstić information content (AvgIpc) is 2.61. The van der Waals surface area contributed by atoms with Crippen molar-refractivity contribution in [2.45, 2.75) is 31.6 Å². The van der Waals surface area contributed by atoms with E-state index in [0.29, 0.717) is 38.2 Å². The van der Waals surface area contributed by atoms with Gasteiger partial charge >= 0.3 is 0 Å². The van der Waals surface area contributed by atoms with Gasteiger partial charge in [0.1, 0.15) is 0 Å². The molecule has 1 heterocycles. The van der Waals surface area contributed by atoms with Crippen LogP contribution in [0.2, 0.25) is 0 Å². The molecule has 2 rings (SSSR count). The van der Waals surface area contributed by atoms with Crippen molar-refractivity contribution in [1.29, 1.82) is 0 Å². The second-order valence-corrected chi connectivity index (χ2v) is 8.38. The molecule has 1 aliphatic rings. The first-order chi connectivity index (χ1) is 12.3. The number of amides is 2.